The lowest BCUT2D eigenvalue weighted by Gasteiger charge is -2.13. The minimum Gasteiger partial charge on any atom is -0.480 e. The van der Waals surface area contributed by atoms with E-state index in [1.807, 2.05) is 0 Å². The van der Waals surface area contributed by atoms with Crippen molar-refractivity contribution in [1.29, 1.82) is 0 Å². The molecule has 0 radical (unpaired) electrons. The van der Waals surface area contributed by atoms with Crippen LogP contribution in [-0.4, -0.2) is 35.7 Å². The molecule has 3 N–H and O–H groups in total. The van der Waals surface area contributed by atoms with Gasteiger partial charge in [-0.1, -0.05) is 0 Å². The lowest BCUT2D eigenvalue weighted by molar-refractivity contribution is -0.146. The second-order valence-electron chi connectivity index (χ2n) is 1.81. The molecule has 0 saturated heterocycles. The fourth-order valence-corrected chi connectivity index (χ4v) is 0.353. The highest BCUT2D eigenvalue weighted by molar-refractivity contribution is 5.72. The molecule has 5 heteroatoms. The van der Waals surface area contributed by atoms with Crippen LogP contribution in [0.4, 0.5) is 0 Å². The molecule has 60 valence electrons. The van der Waals surface area contributed by atoms with Crippen molar-refractivity contribution in [2.75, 3.05) is 7.11 Å². The number of nitrogens with one attached hydrogen (secondary N) is 1. The number of hydrogen-bond donors (Lipinski definition) is 3. The maximum absolute atomic E-state index is 10.1. The van der Waals surface area contributed by atoms with E-state index in [1.165, 1.54) is 14.0 Å². The molecule has 1 unspecified atom stereocenters. The van der Waals surface area contributed by atoms with Crippen molar-refractivity contribution >= 4 is 5.97 Å². The maximum atomic E-state index is 10.1. The number of carbonyl (C=O) groups is 1. The van der Waals surface area contributed by atoms with Crippen molar-refractivity contribution < 1.29 is 19.7 Å². The van der Waals surface area contributed by atoms with Gasteiger partial charge < -0.3 is 14.9 Å². The average Bonchev–Trinajstić information content (AvgIpc) is 1.87. The zero-order chi connectivity index (χ0) is 8.15. The van der Waals surface area contributed by atoms with Crippen LogP contribution in [0.25, 0.3) is 0 Å². The van der Waals surface area contributed by atoms with Crippen LogP contribution in [0.5, 0.6) is 0 Å². The van der Waals surface area contributed by atoms with Crippen molar-refractivity contribution in [3.05, 3.63) is 0 Å². The summed E-state index contributed by atoms with van der Waals surface area (Å²) in [6.07, 6.45) is -1.22. The van der Waals surface area contributed by atoms with E-state index < -0.39 is 18.4 Å². The molecule has 2 atom stereocenters. The van der Waals surface area contributed by atoms with Gasteiger partial charge >= 0.3 is 5.97 Å². The van der Waals surface area contributed by atoms with Crippen LogP contribution in [0.1, 0.15) is 6.92 Å². The predicted molar refractivity (Wildman–Crippen MR) is 33.2 cm³/mol. The molecule has 0 aromatic heterocycles. The van der Waals surface area contributed by atoms with E-state index in [2.05, 4.69) is 10.1 Å². The van der Waals surface area contributed by atoms with E-state index in [4.69, 9.17) is 10.2 Å². The van der Waals surface area contributed by atoms with E-state index in [-0.39, 0.29) is 0 Å². The summed E-state index contributed by atoms with van der Waals surface area (Å²) in [5.41, 5.74) is 0. The zero-order valence-electron chi connectivity index (χ0n) is 5.87. The predicted octanol–water partition coefficient (Wildman–Crippen LogP) is -1.03. The van der Waals surface area contributed by atoms with Crippen LogP contribution in [0.3, 0.4) is 0 Å². The molecule has 0 spiro atoms. The van der Waals surface area contributed by atoms with Gasteiger partial charge in [0.05, 0.1) is 0 Å². The Morgan fingerprint density at radius 2 is 2.20 bits per heavy atom. The molecular formula is C5H11NO4. The Bertz CT molecular complexity index is 116. The third-order valence-corrected chi connectivity index (χ3v) is 0.986. The molecule has 0 rings (SSSR count). The van der Waals surface area contributed by atoms with Crippen LogP contribution >= 0.6 is 0 Å². The summed E-state index contributed by atoms with van der Waals surface area (Å²) < 4.78 is 4.35. The molecule has 5 nitrogen and oxygen atoms in total. The molecule has 0 aliphatic heterocycles. The minimum atomic E-state index is -1.22. The molecule has 0 aliphatic carbocycles. The van der Waals surface area contributed by atoms with Gasteiger partial charge in [-0.2, -0.15) is 0 Å². The summed E-state index contributed by atoms with van der Waals surface area (Å²) >= 11 is 0. The van der Waals surface area contributed by atoms with Crippen LogP contribution in [0.2, 0.25) is 0 Å². The number of aliphatic hydroxyl groups is 1. The van der Waals surface area contributed by atoms with E-state index in [9.17, 15) is 4.79 Å². The summed E-state index contributed by atoms with van der Waals surface area (Å²) in [7, 11) is 1.27. The van der Waals surface area contributed by atoms with Gasteiger partial charge in [-0.3, -0.25) is 10.1 Å². The van der Waals surface area contributed by atoms with Crippen LogP contribution in [0, 0.1) is 0 Å². The number of aliphatic hydroxyl groups excluding tert-OH is 1. The van der Waals surface area contributed by atoms with E-state index >= 15 is 0 Å². The second kappa shape index (κ2) is 4.21. The van der Waals surface area contributed by atoms with Gasteiger partial charge in [-0.25, -0.2) is 0 Å². The van der Waals surface area contributed by atoms with E-state index in [1.54, 1.807) is 0 Å². The van der Waals surface area contributed by atoms with Gasteiger partial charge in [0.15, 0.2) is 0 Å². The molecule has 0 aromatic carbocycles. The standard InChI is InChI=1S/C5H11NO4/c1-3(4(7)8)6-5(9)10-2/h3,5-6,9H,1-2H3,(H,7,8)/t3-,5?/m0/s1. The van der Waals surface area contributed by atoms with Crippen molar-refractivity contribution in [2.45, 2.75) is 19.4 Å². The normalized spacial score (nSPS) is 16.3. The zero-order valence-corrected chi connectivity index (χ0v) is 5.87. The lowest BCUT2D eigenvalue weighted by Crippen LogP contribution is -2.42. The molecule has 0 aliphatic rings. The van der Waals surface area contributed by atoms with Crippen LogP contribution in [-0.2, 0) is 9.53 Å². The highest BCUT2D eigenvalue weighted by atomic mass is 16.6. The first-order chi connectivity index (χ1) is 4.57. The average molecular weight is 149 g/mol. The van der Waals surface area contributed by atoms with Crippen LogP contribution in [0.15, 0.2) is 0 Å². The molecule has 0 amide bonds. The Labute approximate surface area is 58.6 Å². The van der Waals surface area contributed by atoms with Gasteiger partial charge in [-0.15, -0.1) is 0 Å². The van der Waals surface area contributed by atoms with Crippen molar-refractivity contribution in [3.8, 4) is 0 Å². The Morgan fingerprint density at radius 3 is 2.50 bits per heavy atom. The first-order valence-electron chi connectivity index (χ1n) is 2.77. The number of hydrogen-bond acceptors (Lipinski definition) is 4. The third kappa shape index (κ3) is 3.39. The topological polar surface area (TPSA) is 78.8 Å². The summed E-state index contributed by atoms with van der Waals surface area (Å²) in [6, 6.07) is -0.810. The Morgan fingerprint density at radius 1 is 1.70 bits per heavy atom. The van der Waals surface area contributed by atoms with E-state index in [0.29, 0.717) is 0 Å². The fourth-order valence-electron chi connectivity index (χ4n) is 0.353. The smallest absolute Gasteiger partial charge is 0.320 e. The first kappa shape index (κ1) is 9.35. The summed E-state index contributed by atoms with van der Waals surface area (Å²) in [5.74, 6) is -1.03. The monoisotopic (exact) mass is 149 g/mol. The van der Waals surface area contributed by atoms with E-state index in [0.717, 1.165) is 0 Å². The maximum Gasteiger partial charge on any atom is 0.320 e. The molecular weight excluding hydrogens is 138 g/mol. The highest BCUT2D eigenvalue weighted by Gasteiger charge is 2.13. The molecule has 0 fully saturated rings. The van der Waals surface area contributed by atoms with Crippen molar-refractivity contribution in [3.63, 3.8) is 0 Å². The highest BCUT2D eigenvalue weighted by Crippen LogP contribution is 1.84. The van der Waals surface area contributed by atoms with Gasteiger partial charge in [-0.05, 0) is 6.92 Å². The van der Waals surface area contributed by atoms with Crippen molar-refractivity contribution in [1.82, 2.24) is 5.32 Å². The lowest BCUT2D eigenvalue weighted by atomic mass is 10.3. The largest absolute Gasteiger partial charge is 0.480 e. The quantitative estimate of drug-likeness (QED) is 0.445. The SMILES string of the molecule is COC(O)N[C@@H](C)C(=O)O. The van der Waals surface area contributed by atoms with Crippen molar-refractivity contribution in [2.24, 2.45) is 0 Å². The van der Waals surface area contributed by atoms with Gasteiger partial charge in [0.25, 0.3) is 0 Å². The number of carboxylic acid groups (broad SMARTS) is 1. The second-order valence-corrected chi connectivity index (χ2v) is 1.81. The summed E-state index contributed by atoms with van der Waals surface area (Å²) in [4.78, 5) is 10.1. The number of ether oxygens (including phenoxy) is 1. The molecule has 0 saturated carbocycles. The van der Waals surface area contributed by atoms with Gasteiger partial charge in [0.2, 0.25) is 6.41 Å². The third-order valence-electron chi connectivity index (χ3n) is 0.986. The molecule has 0 heterocycles. The first-order valence-corrected chi connectivity index (χ1v) is 2.77. The minimum absolute atomic E-state index is 0.810. The summed E-state index contributed by atoms with van der Waals surface area (Å²) in [6.45, 7) is 1.41. The number of aliphatic carboxylic acids is 1. The number of rotatable bonds is 4. The molecule has 10 heavy (non-hydrogen) atoms. The number of methoxy groups -OCH3 is 1. The molecule has 0 bridgehead atoms. The summed E-state index contributed by atoms with van der Waals surface area (Å²) in [5, 5.41) is 19.2. The van der Waals surface area contributed by atoms with Gasteiger partial charge in [0.1, 0.15) is 6.04 Å². The number of carboxylic acids is 1. The van der Waals surface area contributed by atoms with Gasteiger partial charge in [0, 0.05) is 7.11 Å². The Hall–Kier alpha value is -0.650. The Balaban J connectivity index is 3.56. The van der Waals surface area contributed by atoms with Crippen LogP contribution < -0.4 is 5.32 Å². The fraction of sp³-hybridized carbons (Fsp3) is 0.800. The molecule has 0 aromatic rings. The Kier molecular flexibility index (Phi) is 3.94.